The number of hydrogen-bond donors (Lipinski definition) is 1. The Kier molecular flexibility index (Phi) is 4.51. The molecule has 0 aliphatic rings. The Hall–Kier alpha value is -2.35. The molecule has 116 valence electrons. The van der Waals surface area contributed by atoms with Gasteiger partial charge in [-0.1, -0.05) is 12.1 Å². The molecule has 0 fully saturated rings. The molecule has 0 unspecified atom stereocenters. The van der Waals surface area contributed by atoms with Crippen molar-refractivity contribution in [2.45, 2.75) is 6.18 Å². The molecule has 1 aromatic carbocycles. The van der Waals surface area contributed by atoms with E-state index in [-0.39, 0.29) is 11.3 Å². The van der Waals surface area contributed by atoms with Gasteiger partial charge in [0.05, 0.1) is 22.9 Å². The Morgan fingerprint density at radius 2 is 1.91 bits per heavy atom. The third kappa shape index (κ3) is 4.59. The Morgan fingerprint density at radius 3 is 2.55 bits per heavy atom. The number of pyridine rings is 1. The maximum atomic E-state index is 12.6. The second kappa shape index (κ2) is 6.18. The monoisotopic (exact) mass is 328 g/mol. The lowest BCUT2D eigenvalue weighted by molar-refractivity contribution is -0.137. The molecule has 0 spiro atoms. The second-order valence-electron chi connectivity index (χ2n) is 4.31. The van der Waals surface area contributed by atoms with Gasteiger partial charge in [-0.05, 0) is 35.9 Å². The number of benzene rings is 1. The SMILES string of the molecule is O=S(=O)(/C=C/c1cccc(C(F)(F)F)c1)Nc1cccnc1. The number of anilines is 1. The van der Waals surface area contributed by atoms with Crippen LogP contribution in [0.3, 0.4) is 0 Å². The summed E-state index contributed by atoms with van der Waals surface area (Å²) in [7, 11) is -3.83. The van der Waals surface area contributed by atoms with Crippen molar-refractivity contribution in [3.63, 3.8) is 0 Å². The predicted octanol–water partition coefficient (Wildman–Crippen LogP) is 3.51. The van der Waals surface area contributed by atoms with Crippen LogP contribution < -0.4 is 4.72 Å². The molecule has 1 N–H and O–H groups in total. The number of sulfonamides is 1. The fraction of sp³-hybridized carbons (Fsp3) is 0.0714. The third-order valence-corrected chi connectivity index (χ3v) is 3.59. The van der Waals surface area contributed by atoms with Gasteiger partial charge in [0, 0.05) is 6.20 Å². The van der Waals surface area contributed by atoms with Crippen LogP contribution in [0.1, 0.15) is 11.1 Å². The van der Waals surface area contributed by atoms with Crippen molar-refractivity contribution in [2.24, 2.45) is 0 Å². The fourth-order valence-corrected chi connectivity index (χ4v) is 2.46. The first-order valence-electron chi connectivity index (χ1n) is 6.04. The molecular weight excluding hydrogens is 317 g/mol. The standard InChI is InChI=1S/C14H11F3N2O2S/c15-14(16,17)12-4-1-3-11(9-12)6-8-22(20,21)19-13-5-2-7-18-10-13/h1-10,19H/b8-6+. The van der Waals surface area contributed by atoms with Crippen molar-refractivity contribution >= 4 is 21.8 Å². The van der Waals surface area contributed by atoms with Gasteiger partial charge >= 0.3 is 6.18 Å². The lowest BCUT2D eigenvalue weighted by Gasteiger charge is -2.07. The van der Waals surface area contributed by atoms with E-state index in [1.54, 1.807) is 6.07 Å². The maximum Gasteiger partial charge on any atom is 0.416 e. The molecule has 0 aliphatic carbocycles. The first-order valence-corrected chi connectivity index (χ1v) is 7.59. The van der Waals surface area contributed by atoms with Crippen LogP contribution in [0.25, 0.3) is 6.08 Å². The van der Waals surface area contributed by atoms with Crippen molar-refractivity contribution < 1.29 is 21.6 Å². The fourth-order valence-electron chi connectivity index (χ4n) is 1.61. The van der Waals surface area contributed by atoms with Crippen LogP contribution in [0.2, 0.25) is 0 Å². The van der Waals surface area contributed by atoms with Crippen LogP contribution in [0.15, 0.2) is 54.2 Å². The van der Waals surface area contributed by atoms with E-state index in [4.69, 9.17) is 0 Å². The minimum Gasteiger partial charge on any atom is -0.279 e. The predicted molar refractivity (Wildman–Crippen MR) is 77.3 cm³/mol. The summed E-state index contributed by atoms with van der Waals surface area (Å²) in [5.74, 6) is 0. The molecule has 22 heavy (non-hydrogen) atoms. The van der Waals surface area contributed by atoms with Crippen molar-refractivity contribution in [3.05, 3.63) is 65.3 Å². The van der Waals surface area contributed by atoms with Crippen molar-refractivity contribution in [1.82, 2.24) is 4.98 Å². The highest BCUT2D eigenvalue weighted by Crippen LogP contribution is 2.29. The van der Waals surface area contributed by atoms with E-state index in [1.807, 2.05) is 0 Å². The molecule has 2 aromatic rings. The molecular formula is C14H11F3N2O2S. The molecule has 8 heteroatoms. The van der Waals surface area contributed by atoms with Gasteiger partial charge in [-0.2, -0.15) is 13.2 Å². The third-order valence-electron chi connectivity index (χ3n) is 2.58. The molecule has 0 amide bonds. The van der Waals surface area contributed by atoms with Gasteiger partial charge in [-0.25, -0.2) is 8.42 Å². The zero-order valence-corrected chi connectivity index (χ0v) is 11.9. The van der Waals surface area contributed by atoms with Crippen molar-refractivity contribution in [1.29, 1.82) is 0 Å². The van der Waals surface area contributed by atoms with Gasteiger partial charge in [0.25, 0.3) is 10.0 Å². The smallest absolute Gasteiger partial charge is 0.279 e. The summed E-state index contributed by atoms with van der Waals surface area (Å²) in [5.41, 5.74) is -0.449. The highest BCUT2D eigenvalue weighted by Gasteiger charge is 2.30. The van der Waals surface area contributed by atoms with Gasteiger partial charge in [0.2, 0.25) is 0 Å². The van der Waals surface area contributed by atoms with E-state index in [9.17, 15) is 21.6 Å². The average Bonchev–Trinajstić information content (AvgIpc) is 2.45. The largest absolute Gasteiger partial charge is 0.416 e. The highest BCUT2D eigenvalue weighted by molar-refractivity contribution is 7.95. The average molecular weight is 328 g/mol. The van der Waals surface area contributed by atoms with E-state index in [1.165, 1.54) is 30.6 Å². The number of nitrogens with one attached hydrogen (secondary N) is 1. The first-order chi connectivity index (χ1) is 10.3. The van der Waals surface area contributed by atoms with Crippen molar-refractivity contribution in [2.75, 3.05) is 4.72 Å². The number of halogens is 3. The number of aromatic nitrogens is 1. The number of rotatable bonds is 4. The van der Waals surface area contributed by atoms with Crippen LogP contribution in [0.5, 0.6) is 0 Å². The lowest BCUT2D eigenvalue weighted by atomic mass is 10.1. The normalized spacial score (nSPS) is 12.5. The minimum atomic E-state index is -4.48. The van der Waals surface area contributed by atoms with Crippen LogP contribution in [0.4, 0.5) is 18.9 Å². The Morgan fingerprint density at radius 1 is 1.14 bits per heavy atom. The van der Waals surface area contributed by atoms with Crippen molar-refractivity contribution in [3.8, 4) is 0 Å². The van der Waals surface area contributed by atoms with E-state index in [2.05, 4.69) is 9.71 Å². The molecule has 0 saturated carbocycles. The molecule has 0 bridgehead atoms. The Bertz CT molecular complexity index is 772. The van der Waals surface area contributed by atoms with E-state index >= 15 is 0 Å². The summed E-state index contributed by atoms with van der Waals surface area (Å²) in [6.45, 7) is 0. The molecule has 0 aliphatic heterocycles. The van der Waals surface area contributed by atoms with Gasteiger partial charge in [0.1, 0.15) is 0 Å². The Balaban J connectivity index is 2.17. The van der Waals surface area contributed by atoms with E-state index < -0.39 is 21.8 Å². The topological polar surface area (TPSA) is 59.1 Å². The summed E-state index contributed by atoms with van der Waals surface area (Å²) in [6, 6.07) is 7.43. The summed E-state index contributed by atoms with van der Waals surface area (Å²) < 4.78 is 63.6. The summed E-state index contributed by atoms with van der Waals surface area (Å²) in [5, 5.41) is 0.801. The van der Waals surface area contributed by atoms with Gasteiger partial charge in [-0.15, -0.1) is 0 Å². The summed E-state index contributed by atoms with van der Waals surface area (Å²) in [6.07, 6.45) is -0.587. The molecule has 1 heterocycles. The van der Waals surface area contributed by atoms with E-state index in [0.717, 1.165) is 23.6 Å². The van der Waals surface area contributed by atoms with Gasteiger partial charge in [0.15, 0.2) is 0 Å². The molecule has 0 atom stereocenters. The van der Waals surface area contributed by atoms with E-state index in [0.29, 0.717) is 0 Å². The van der Waals surface area contributed by atoms with Crippen LogP contribution >= 0.6 is 0 Å². The molecule has 0 radical (unpaired) electrons. The van der Waals surface area contributed by atoms with Gasteiger partial charge < -0.3 is 0 Å². The number of alkyl halides is 3. The molecule has 0 saturated heterocycles. The number of nitrogens with zero attached hydrogens (tertiary/aromatic N) is 1. The quantitative estimate of drug-likeness (QED) is 0.934. The van der Waals surface area contributed by atoms with Crippen LogP contribution in [0, 0.1) is 0 Å². The maximum absolute atomic E-state index is 12.6. The highest BCUT2D eigenvalue weighted by atomic mass is 32.2. The molecule has 4 nitrogen and oxygen atoms in total. The molecule has 1 aromatic heterocycles. The summed E-state index contributed by atoms with van der Waals surface area (Å²) >= 11 is 0. The Labute approximate surface area is 125 Å². The van der Waals surface area contributed by atoms with Gasteiger partial charge in [-0.3, -0.25) is 9.71 Å². The lowest BCUT2D eigenvalue weighted by Crippen LogP contribution is -2.09. The second-order valence-corrected chi connectivity index (χ2v) is 5.88. The molecule has 2 rings (SSSR count). The zero-order valence-electron chi connectivity index (χ0n) is 11.1. The minimum absolute atomic E-state index is 0.131. The van der Waals surface area contributed by atoms with Crippen LogP contribution in [-0.4, -0.2) is 13.4 Å². The first kappa shape index (κ1) is 16.0. The number of hydrogen-bond acceptors (Lipinski definition) is 3. The zero-order chi connectivity index (χ0) is 16.2. The van der Waals surface area contributed by atoms with Crippen LogP contribution in [-0.2, 0) is 16.2 Å². The summed E-state index contributed by atoms with van der Waals surface area (Å²) in [4.78, 5) is 3.75.